The van der Waals surface area contributed by atoms with Crippen LogP contribution < -0.4 is 33.9 Å². The average molecular weight is 293 g/mol. The van der Waals surface area contributed by atoms with Crippen molar-refractivity contribution in [3.63, 3.8) is 0 Å². The Kier molecular flexibility index (Phi) is 6.38. The summed E-state index contributed by atoms with van der Waals surface area (Å²) in [5, 5.41) is 2.59. The SMILES string of the molecule is C[n+]1ccnc(CCNC=O)c1.[I-]. The second-order valence-corrected chi connectivity index (χ2v) is 2.54. The number of carbonyl (C=O) groups is 1. The topological polar surface area (TPSA) is 45.9 Å². The monoisotopic (exact) mass is 293 g/mol. The number of aromatic nitrogens is 2. The van der Waals surface area contributed by atoms with Gasteiger partial charge in [0.1, 0.15) is 12.7 Å². The standard InChI is InChI=1S/C8H11N3O.HI/c1-11-5-4-10-8(6-11)2-3-9-7-12;/h4-7H,2-3H2,1H3;1H. The van der Waals surface area contributed by atoms with Gasteiger partial charge in [-0.05, 0) is 0 Å². The number of nitrogens with zero attached hydrogens (tertiary/aromatic N) is 2. The summed E-state index contributed by atoms with van der Waals surface area (Å²) in [6.07, 6.45) is 7.02. The van der Waals surface area contributed by atoms with Crippen molar-refractivity contribution in [3.8, 4) is 0 Å². The minimum atomic E-state index is 0. The first-order chi connectivity index (χ1) is 5.83. The lowest BCUT2D eigenvalue weighted by molar-refractivity contribution is -0.672. The van der Waals surface area contributed by atoms with Crippen LogP contribution in [0.1, 0.15) is 5.69 Å². The Morgan fingerprint density at radius 1 is 1.69 bits per heavy atom. The molecule has 0 fully saturated rings. The van der Waals surface area contributed by atoms with Gasteiger partial charge in [-0.1, -0.05) is 0 Å². The summed E-state index contributed by atoms with van der Waals surface area (Å²) >= 11 is 0. The maximum atomic E-state index is 9.93. The van der Waals surface area contributed by atoms with Crippen LogP contribution in [-0.4, -0.2) is 17.9 Å². The quantitative estimate of drug-likeness (QED) is 0.268. The van der Waals surface area contributed by atoms with E-state index in [-0.39, 0.29) is 24.0 Å². The molecule has 72 valence electrons. The van der Waals surface area contributed by atoms with E-state index in [1.807, 2.05) is 24.0 Å². The number of halogens is 1. The van der Waals surface area contributed by atoms with Crippen LogP contribution in [0, 0.1) is 0 Å². The lowest BCUT2D eigenvalue weighted by atomic mass is 10.3. The van der Waals surface area contributed by atoms with Crippen molar-refractivity contribution in [1.82, 2.24) is 10.3 Å². The summed E-state index contributed by atoms with van der Waals surface area (Å²) in [5.74, 6) is 0. The van der Waals surface area contributed by atoms with E-state index in [9.17, 15) is 4.79 Å². The van der Waals surface area contributed by atoms with Crippen LogP contribution in [0.3, 0.4) is 0 Å². The van der Waals surface area contributed by atoms with E-state index in [4.69, 9.17) is 0 Å². The number of aryl methyl sites for hydroxylation is 1. The molecular weight excluding hydrogens is 281 g/mol. The second-order valence-electron chi connectivity index (χ2n) is 2.54. The van der Waals surface area contributed by atoms with Crippen molar-refractivity contribution >= 4 is 6.41 Å². The molecule has 0 aliphatic rings. The minimum Gasteiger partial charge on any atom is -1.00 e. The van der Waals surface area contributed by atoms with Crippen LogP contribution in [-0.2, 0) is 18.3 Å². The summed E-state index contributed by atoms with van der Waals surface area (Å²) in [5.41, 5.74) is 0.981. The molecule has 5 heteroatoms. The molecule has 1 rings (SSSR count). The molecule has 0 saturated heterocycles. The number of nitrogens with one attached hydrogen (secondary N) is 1. The zero-order valence-electron chi connectivity index (χ0n) is 7.40. The van der Waals surface area contributed by atoms with Gasteiger partial charge in [-0.15, -0.1) is 0 Å². The Morgan fingerprint density at radius 2 is 2.46 bits per heavy atom. The van der Waals surface area contributed by atoms with E-state index in [2.05, 4.69) is 10.3 Å². The highest BCUT2D eigenvalue weighted by molar-refractivity contribution is 5.45. The molecule has 0 spiro atoms. The zero-order chi connectivity index (χ0) is 8.81. The van der Waals surface area contributed by atoms with E-state index in [0.717, 1.165) is 12.1 Å². The van der Waals surface area contributed by atoms with Crippen LogP contribution >= 0.6 is 0 Å². The molecule has 0 aliphatic heterocycles. The fourth-order valence-corrected chi connectivity index (χ4v) is 0.934. The smallest absolute Gasteiger partial charge is 0.207 e. The van der Waals surface area contributed by atoms with Crippen LogP contribution in [0.4, 0.5) is 0 Å². The van der Waals surface area contributed by atoms with Gasteiger partial charge >= 0.3 is 0 Å². The molecule has 1 aromatic rings. The zero-order valence-corrected chi connectivity index (χ0v) is 9.56. The lowest BCUT2D eigenvalue weighted by Crippen LogP contribution is -3.00. The van der Waals surface area contributed by atoms with Crippen molar-refractivity contribution in [2.75, 3.05) is 6.54 Å². The normalized spacial score (nSPS) is 8.69. The van der Waals surface area contributed by atoms with Gasteiger partial charge in [-0.3, -0.25) is 4.79 Å². The van der Waals surface area contributed by atoms with E-state index < -0.39 is 0 Å². The van der Waals surface area contributed by atoms with E-state index in [1.54, 1.807) is 6.20 Å². The summed E-state index contributed by atoms with van der Waals surface area (Å²) < 4.78 is 1.93. The van der Waals surface area contributed by atoms with Crippen LogP contribution in [0.5, 0.6) is 0 Å². The molecular formula is C8H12IN3O. The predicted octanol–water partition coefficient (Wildman–Crippen LogP) is -3.80. The molecule has 1 N–H and O–H groups in total. The molecule has 1 aromatic heterocycles. The van der Waals surface area contributed by atoms with Crippen molar-refractivity contribution in [2.45, 2.75) is 6.42 Å². The highest BCUT2D eigenvalue weighted by Crippen LogP contribution is 1.87. The Hall–Kier alpha value is -0.720. The number of amides is 1. The highest BCUT2D eigenvalue weighted by Gasteiger charge is 1.98. The minimum absolute atomic E-state index is 0. The van der Waals surface area contributed by atoms with Gasteiger partial charge in [0.05, 0.1) is 6.20 Å². The fraction of sp³-hybridized carbons (Fsp3) is 0.375. The summed E-state index contributed by atoms with van der Waals surface area (Å²) in [6, 6.07) is 0. The predicted molar refractivity (Wildman–Crippen MR) is 43.2 cm³/mol. The third kappa shape index (κ3) is 4.76. The molecule has 0 saturated carbocycles. The van der Waals surface area contributed by atoms with E-state index in [1.165, 1.54) is 0 Å². The molecule has 0 atom stereocenters. The summed E-state index contributed by atoms with van der Waals surface area (Å²) in [4.78, 5) is 14.1. The highest BCUT2D eigenvalue weighted by atomic mass is 127. The molecule has 0 aromatic carbocycles. The van der Waals surface area contributed by atoms with Gasteiger partial charge in [-0.2, -0.15) is 0 Å². The lowest BCUT2D eigenvalue weighted by Gasteiger charge is -1.96. The first kappa shape index (κ1) is 12.3. The average Bonchev–Trinajstić information content (AvgIpc) is 2.05. The molecule has 0 radical (unpaired) electrons. The van der Waals surface area contributed by atoms with E-state index in [0.29, 0.717) is 13.0 Å². The van der Waals surface area contributed by atoms with Crippen molar-refractivity contribution in [3.05, 3.63) is 24.3 Å². The van der Waals surface area contributed by atoms with Crippen LogP contribution in [0.25, 0.3) is 0 Å². The van der Waals surface area contributed by atoms with Gasteiger partial charge in [0.2, 0.25) is 6.41 Å². The first-order valence-electron chi connectivity index (χ1n) is 3.80. The number of hydrogen-bond acceptors (Lipinski definition) is 2. The summed E-state index contributed by atoms with van der Waals surface area (Å²) in [7, 11) is 1.94. The van der Waals surface area contributed by atoms with E-state index >= 15 is 0 Å². The third-order valence-corrected chi connectivity index (χ3v) is 1.50. The van der Waals surface area contributed by atoms with Gasteiger partial charge in [0.25, 0.3) is 0 Å². The van der Waals surface area contributed by atoms with Gasteiger partial charge in [0, 0.05) is 13.0 Å². The van der Waals surface area contributed by atoms with Crippen LogP contribution in [0.2, 0.25) is 0 Å². The maximum absolute atomic E-state index is 9.93. The summed E-state index contributed by atoms with van der Waals surface area (Å²) in [6.45, 7) is 0.639. The molecule has 1 amide bonds. The Morgan fingerprint density at radius 3 is 3.08 bits per heavy atom. The Bertz CT molecular complexity index is 267. The van der Waals surface area contributed by atoms with Gasteiger partial charge in [0.15, 0.2) is 12.4 Å². The second kappa shape index (κ2) is 6.76. The first-order valence-corrected chi connectivity index (χ1v) is 3.80. The third-order valence-electron chi connectivity index (χ3n) is 1.50. The Balaban J connectivity index is 0.00000144. The van der Waals surface area contributed by atoms with Crippen molar-refractivity contribution in [1.29, 1.82) is 0 Å². The van der Waals surface area contributed by atoms with Gasteiger partial charge in [-0.25, -0.2) is 9.55 Å². The van der Waals surface area contributed by atoms with Crippen molar-refractivity contribution < 1.29 is 33.3 Å². The van der Waals surface area contributed by atoms with Crippen molar-refractivity contribution in [2.24, 2.45) is 7.05 Å². The number of rotatable bonds is 4. The van der Waals surface area contributed by atoms with Crippen LogP contribution in [0.15, 0.2) is 18.6 Å². The molecule has 4 nitrogen and oxygen atoms in total. The molecule has 0 bridgehead atoms. The molecule has 1 heterocycles. The Labute approximate surface area is 94.4 Å². The molecule has 0 aliphatic carbocycles. The number of carbonyl (C=O) groups excluding carboxylic acids is 1. The number of hydrogen-bond donors (Lipinski definition) is 1. The molecule has 0 unspecified atom stereocenters. The van der Waals surface area contributed by atoms with Gasteiger partial charge < -0.3 is 29.3 Å². The maximum Gasteiger partial charge on any atom is 0.207 e. The largest absolute Gasteiger partial charge is 1.00 e. The fourth-order valence-electron chi connectivity index (χ4n) is 0.934. The molecule has 13 heavy (non-hydrogen) atoms.